The van der Waals surface area contributed by atoms with E-state index in [1.54, 1.807) is 11.8 Å². The highest BCUT2D eigenvalue weighted by Crippen LogP contribution is 2.31. The van der Waals surface area contributed by atoms with Crippen LogP contribution in [0.15, 0.2) is 27.7 Å². The Kier molecular flexibility index (Phi) is 3.83. The number of rotatable bonds is 2. The first-order valence-electron chi connectivity index (χ1n) is 5.78. The van der Waals surface area contributed by atoms with Gasteiger partial charge in [-0.25, -0.2) is 0 Å². The molecule has 1 atom stereocenters. The monoisotopic (exact) mass is 312 g/mol. The van der Waals surface area contributed by atoms with Gasteiger partial charge < -0.3 is 5.32 Å². The van der Waals surface area contributed by atoms with Gasteiger partial charge in [-0.1, -0.05) is 40.7 Å². The molecule has 0 saturated heterocycles. The Balaban J connectivity index is 2.17. The molecule has 4 heteroatoms. The lowest BCUT2D eigenvalue weighted by Gasteiger charge is -2.15. The smallest absolute Gasteiger partial charge is 0.161 e. The first-order chi connectivity index (χ1) is 8.02. The standard InChI is InChI=1S/C13H17BrN2S/c1-4-13(3)8-17-12(16-13)15-11-7-10(14)6-5-9(11)2/h5-7H,4,8H2,1-3H3,(H,15,16). The minimum atomic E-state index is 0.104. The molecule has 0 aliphatic carbocycles. The molecule has 1 aromatic rings. The second kappa shape index (κ2) is 5.02. The van der Waals surface area contributed by atoms with Gasteiger partial charge in [0.05, 0.1) is 5.54 Å². The first kappa shape index (κ1) is 13.0. The Morgan fingerprint density at radius 3 is 2.94 bits per heavy atom. The molecule has 1 N–H and O–H groups in total. The third kappa shape index (κ3) is 3.05. The van der Waals surface area contributed by atoms with E-state index in [9.17, 15) is 0 Å². The zero-order chi connectivity index (χ0) is 12.5. The Morgan fingerprint density at radius 2 is 2.29 bits per heavy atom. The van der Waals surface area contributed by atoms with Crippen LogP contribution in [0.5, 0.6) is 0 Å². The molecule has 0 fully saturated rings. The van der Waals surface area contributed by atoms with E-state index in [1.807, 2.05) is 0 Å². The van der Waals surface area contributed by atoms with Gasteiger partial charge in [0.2, 0.25) is 0 Å². The van der Waals surface area contributed by atoms with Crippen LogP contribution in [-0.4, -0.2) is 16.5 Å². The molecule has 17 heavy (non-hydrogen) atoms. The maximum atomic E-state index is 4.76. The molecule has 2 nitrogen and oxygen atoms in total. The number of anilines is 1. The molecule has 0 spiro atoms. The molecular weight excluding hydrogens is 296 g/mol. The van der Waals surface area contributed by atoms with Crippen LogP contribution < -0.4 is 5.32 Å². The van der Waals surface area contributed by atoms with Crippen LogP contribution >= 0.6 is 27.7 Å². The van der Waals surface area contributed by atoms with Crippen LogP contribution in [-0.2, 0) is 0 Å². The van der Waals surface area contributed by atoms with Crippen LogP contribution in [0.4, 0.5) is 5.69 Å². The highest BCUT2D eigenvalue weighted by molar-refractivity contribution is 9.10. The quantitative estimate of drug-likeness (QED) is 0.873. The molecule has 0 radical (unpaired) electrons. The number of nitrogens with one attached hydrogen (secondary N) is 1. The summed E-state index contributed by atoms with van der Waals surface area (Å²) in [6, 6.07) is 6.26. The van der Waals surface area contributed by atoms with Crippen molar-refractivity contribution in [3.05, 3.63) is 28.2 Å². The minimum Gasteiger partial charge on any atom is -0.335 e. The lowest BCUT2D eigenvalue weighted by molar-refractivity contribution is 0.523. The van der Waals surface area contributed by atoms with E-state index < -0.39 is 0 Å². The van der Waals surface area contributed by atoms with Crippen molar-refractivity contribution in [3.63, 3.8) is 0 Å². The van der Waals surface area contributed by atoms with Crippen molar-refractivity contribution in [1.82, 2.24) is 0 Å². The summed E-state index contributed by atoms with van der Waals surface area (Å²) in [5.74, 6) is 1.07. The molecule has 2 rings (SSSR count). The van der Waals surface area contributed by atoms with Gasteiger partial charge in [-0.2, -0.15) is 0 Å². The van der Waals surface area contributed by atoms with E-state index in [-0.39, 0.29) is 5.54 Å². The third-order valence-corrected chi connectivity index (χ3v) is 4.82. The fraction of sp³-hybridized carbons (Fsp3) is 0.462. The SMILES string of the molecule is CCC1(C)CSC(Nc2cc(Br)ccc2C)=N1. The fourth-order valence-electron chi connectivity index (χ4n) is 1.62. The third-order valence-electron chi connectivity index (χ3n) is 3.09. The summed E-state index contributed by atoms with van der Waals surface area (Å²) in [5.41, 5.74) is 2.47. The van der Waals surface area contributed by atoms with Gasteiger partial charge in [0.15, 0.2) is 5.17 Å². The van der Waals surface area contributed by atoms with Crippen LogP contribution in [0, 0.1) is 6.92 Å². The molecule has 92 valence electrons. The van der Waals surface area contributed by atoms with Gasteiger partial charge in [-0.15, -0.1) is 0 Å². The van der Waals surface area contributed by atoms with Crippen molar-refractivity contribution in [3.8, 4) is 0 Å². The topological polar surface area (TPSA) is 24.4 Å². The summed E-state index contributed by atoms with van der Waals surface area (Å²) in [6.45, 7) is 6.51. The number of nitrogens with zero attached hydrogens (tertiary/aromatic N) is 1. The molecule has 0 amide bonds. The number of hydrogen-bond donors (Lipinski definition) is 1. The maximum Gasteiger partial charge on any atom is 0.161 e. The molecule has 0 saturated carbocycles. The first-order valence-corrected chi connectivity index (χ1v) is 7.56. The normalized spacial score (nSPS) is 23.6. The molecule has 1 aliphatic heterocycles. The average Bonchev–Trinajstić information content (AvgIpc) is 2.67. The number of thioether (sulfide) groups is 1. The van der Waals surface area contributed by atoms with E-state index in [1.165, 1.54) is 5.56 Å². The van der Waals surface area contributed by atoms with E-state index >= 15 is 0 Å². The summed E-state index contributed by atoms with van der Waals surface area (Å²) in [4.78, 5) is 4.76. The highest BCUT2D eigenvalue weighted by atomic mass is 79.9. The van der Waals surface area contributed by atoms with Crippen molar-refractivity contribution in [1.29, 1.82) is 0 Å². The Hall–Kier alpha value is -0.480. The van der Waals surface area contributed by atoms with E-state index in [0.29, 0.717) is 0 Å². The van der Waals surface area contributed by atoms with E-state index in [0.717, 1.165) is 27.5 Å². The molecular formula is C13H17BrN2S. The molecule has 1 heterocycles. The van der Waals surface area contributed by atoms with Crippen LogP contribution in [0.25, 0.3) is 0 Å². The summed E-state index contributed by atoms with van der Waals surface area (Å²) >= 11 is 5.30. The van der Waals surface area contributed by atoms with Crippen molar-refractivity contribution in [2.75, 3.05) is 11.1 Å². The summed E-state index contributed by atoms with van der Waals surface area (Å²) < 4.78 is 1.09. The Bertz CT molecular complexity index is 459. The van der Waals surface area contributed by atoms with Crippen molar-refractivity contribution >= 4 is 38.5 Å². The summed E-state index contributed by atoms with van der Waals surface area (Å²) in [6.07, 6.45) is 1.09. The van der Waals surface area contributed by atoms with Crippen molar-refractivity contribution in [2.45, 2.75) is 32.7 Å². The largest absolute Gasteiger partial charge is 0.335 e. The second-order valence-corrected chi connectivity index (χ2v) is 6.52. The van der Waals surface area contributed by atoms with E-state index in [2.05, 4.69) is 60.2 Å². The molecule has 1 aromatic carbocycles. The van der Waals surface area contributed by atoms with Gasteiger partial charge in [-0.3, -0.25) is 4.99 Å². The van der Waals surface area contributed by atoms with Gasteiger partial charge in [0, 0.05) is 15.9 Å². The van der Waals surface area contributed by atoms with Crippen LogP contribution in [0.3, 0.4) is 0 Å². The zero-order valence-electron chi connectivity index (χ0n) is 10.4. The summed E-state index contributed by atoms with van der Waals surface area (Å²) in [5, 5.41) is 4.46. The number of amidine groups is 1. The van der Waals surface area contributed by atoms with Crippen LogP contribution in [0.1, 0.15) is 25.8 Å². The fourth-order valence-corrected chi connectivity index (χ4v) is 3.17. The number of hydrogen-bond acceptors (Lipinski definition) is 3. The maximum absolute atomic E-state index is 4.76. The number of aliphatic imine (C=N–C) groups is 1. The predicted molar refractivity (Wildman–Crippen MR) is 81.1 cm³/mol. The molecule has 1 aliphatic rings. The van der Waals surface area contributed by atoms with Gasteiger partial charge in [0.25, 0.3) is 0 Å². The number of halogens is 1. The van der Waals surface area contributed by atoms with E-state index in [4.69, 9.17) is 4.99 Å². The molecule has 0 bridgehead atoms. The Labute approximate surface area is 115 Å². The van der Waals surface area contributed by atoms with Crippen molar-refractivity contribution in [2.24, 2.45) is 4.99 Å². The number of benzene rings is 1. The molecule has 0 aromatic heterocycles. The second-order valence-electron chi connectivity index (χ2n) is 4.64. The predicted octanol–water partition coefficient (Wildman–Crippen LogP) is 4.44. The van der Waals surface area contributed by atoms with Crippen molar-refractivity contribution < 1.29 is 0 Å². The van der Waals surface area contributed by atoms with Gasteiger partial charge in [0.1, 0.15) is 0 Å². The molecule has 1 unspecified atom stereocenters. The Morgan fingerprint density at radius 1 is 1.53 bits per heavy atom. The highest BCUT2D eigenvalue weighted by Gasteiger charge is 2.28. The minimum absolute atomic E-state index is 0.104. The lowest BCUT2D eigenvalue weighted by atomic mass is 10.0. The van der Waals surface area contributed by atoms with Gasteiger partial charge in [-0.05, 0) is 38.0 Å². The van der Waals surface area contributed by atoms with Crippen LogP contribution in [0.2, 0.25) is 0 Å². The zero-order valence-corrected chi connectivity index (χ0v) is 12.8. The average molecular weight is 313 g/mol. The van der Waals surface area contributed by atoms with Gasteiger partial charge >= 0.3 is 0 Å². The number of aryl methyl sites for hydroxylation is 1. The summed E-state index contributed by atoms with van der Waals surface area (Å²) in [7, 11) is 0. The lowest BCUT2D eigenvalue weighted by Crippen LogP contribution is -2.20.